The monoisotopic (exact) mass is 226 g/mol. The molecule has 0 saturated carbocycles. The van der Waals surface area contributed by atoms with E-state index in [9.17, 15) is 0 Å². The molecule has 0 spiro atoms. The highest BCUT2D eigenvalue weighted by Crippen LogP contribution is 2.18. The SMILES string of the molecule is CC(C)CN(CCC(=N)N)c1nccs1. The summed E-state index contributed by atoms with van der Waals surface area (Å²) in [4.78, 5) is 6.47. The van der Waals surface area contributed by atoms with Gasteiger partial charge in [-0.2, -0.15) is 0 Å². The first kappa shape index (κ1) is 12.0. The molecule has 15 heavy (non-hydrogen) atoms. The number of aromatic nitrogens is 1. The molecule has 5 heteroatoms. The van der Waals surface area contributed by atoms with Crippen LogP contribution in [0, 0.1) is 11.3 Å². The normalized spacial score (nSPS) is 10.6. The topological polar surface area (TPSA) is 66.0 Å². The molecule has 0 aromatic carbocycles. The van der Waals surface area contributed by atoms with Crippen LogP contribution in [0.3, 0.4) is 0 Å². The lowest BCUT2D eigenvalue weighted by Crippen LogP contribution is -2.31. The summed E-state index contributed by atoms with van der Waals surface area (Å²) in [5.41, 5.74) is 5.36. The Morgan fingerprint density at radius 1 is 1.67 bits per heavy atom. The zero-order valence-electron chi connectivity index (χ0n) is 9.23. The highest BCUT2D eigenvalue weighted by Gasteiger charge is 2.10. The standard InChI is InChI=1S/C10H18N4S/c1-8(2)7-14(5-3-9(11)12)10-13-4-6-15-10/h4,6,8H,3,5,7H2,1-2H3,(H3,11,12). The Morgan fingerprint density at radius 3 is 2.87 bits per heavy atom. The molecule has 1 aromatic rings. The fourth-order valence-electron chi connectivity index (χ4n) is 1.33. The van der Waals surface area contributed by atoms with Crippen molar-refractivity contribution in [2.75, 3.05) is 18.0 Å². The van der Waals surface area contributed by atoms with Gasteiger partial charge in [-0.25, -0.2) is 4.98 Å². The fraction of sp³-hybridized carbons (Fsp3) is 0.600. The van der Waals surface area contributed by atoms with Gasteiger partial charge in [0.25, 0.3) is 0 Å². The van der Waals surface area contributed by atoms with Crippen LogP contribution in [-0.4, -0.2) is 23.9 Å². The summed E-state index contributed by atoms with van der Waals surface area (Å²) in [5, 5.41) is 10.2. The van der Waals surface area contributed by atoms with Gasteiger partial charge in [0.05, 0.1) is 5.84 Å². The molecule has 0 bridgehead atoms. The van der Waals surface area contributed by atoms with E-state index in [0.29, 0.717) is 12.3 Å². The molecule has 1 aromatic heterocycles. The second kappa shape index (κ2) is 5.70. The van der Waals surface area contributed by atoms with Crippen LogP contribution in [0.15, 0.2) is 11.6 Å². The van der Waals surface area contributed by atoms with Gasteiger partial charge in [0, 0.05) is 31.1 Å². The molecule has 0 aliphatic rings. The molecule has 0 atom stereocenters. The molecule has 1 heterocycles. The van der Waals surface area contributed by atoms with Gasteiger partial charge in [0.2, 0.25) is 0 Å². The number of anilines is 1. The summed E-state index contributed by atoms with van der Waals surface area (Å²) >= 11 is 1.63. The molecule has 84 valence electrons. The number of nitrogens with one attached hydrogen (secondary N) is 1. The maximum atomic E-state index is 7.23. The van der Waals surface area contributed by atoms with Crippen LogP contribution in [0.5, 0.6) is 0 Å². The third-order valence-corrected chi connectivity index (χ3v) is 2.76. The van der Waals surface area contributed by atoms with Crippen LogP contribution in [0.25, 0.3) is 0 Å². The van der Waals surface area contributed by atoms with Gasteiger partial charge in [-0.1, -0.05) is 13.8 Å². The van der Waals surface area contributed by atoms with Crippen molar-refractivity contribution in [3.63, 3.8) is 0 Å². The number of rotatable bonds is 6. The third-order valence-electron chi connectivity index (χ3n) is 1.93. The zero-order chi connectivity index (χ0) is 11.3. The Labute approximate surface area is 94.6 Å². The molecule has 0 amide bonds. The molecule has 0 aliphatic carbocycles. The van der Waals surface area contributed by atoms with Crippen LogP contribution in [0.1, 0.15) is 20.3 Å². The molecule has 0 unspecified atom stereocenters. The van der Waals surface area contributed by atoms with Crippen molar-refractivity contribution in [1.29, 1.82) is 5.41 Å². The van der Waals surface area contributed by atoms with E-state index < -0.39 is 0 Å². The summed E-state index contributed by atoms with van der Waals surface area (Å²) in [6.45, 7) is 6.09. The predicted molar refractivity (Wildman–Crippen MR) is 65.7 cm³/mol. The Kier molecular flexibility index (Phi) is 4.55. The van der Waals surface area contributed by atoms with E-state index in [1.807, 2.05) is 5.38 Å². The molecule has 1 rings (SSSR count). The first-order valence-electron chi connectivity index (χ1n) is 5.07. The van der Waals surface area contributed by atoms with E-state index in [2.05, 4.69) is 23.7 Å². The van der Waals surface area contributed by atoms with Gasteiger partial charge >= 0.3 is 0 Å². The summed E-state index contributed by atoms with van der Waals surface area (Å²) < 4.78 is 0. The molecule has 0 aliphatic heterocycles. The van der Waals surface area contributed by atoms with Crippen LogP contribution >= 0.6 is 11.3 Å². The van der Waals surface area contributed by atoms with Crippen molar-refractivity contribution in [2.24, 2.45) is 11.7 Å². The number of amidine groups is 1. The fourth-order valence-corrected chi connectivity index (χ4v) is 2.01. The Bertz CT molecular complexity index is 294. The molecular formula is C10H18N4S. The zero-order valence-corrected chi connectivity index (χ0v) is 10.0. The van der Waals surface area contributed by atoms with E-state index in [4.69, 9.17) is 11.1 Å². The van der Waals surface area contributed by atoms with Crippen molar-refractivity contribution in [1.82, 2.24) is 4.98 Å². The quantitative estimate of drug-likeness (QED) is 0.575. The summed E-state index contributed by atoms with van der Waals surface area (Å²) in [6.07, 6.45) is 2.41. The average molecular weight is 226 g/mol. The number of thiazole rings is 1. The largest absolute Gasteiger partial charge is 0.388 e. The lowest BCUT2D eigenvalue weighted by molar-refractivity contribution is 0.612. The van der Waals surface area contributed by atoms with E-state index in [1.165, 1.54) is 0 Å². The lowest BCUT2D eigenvalue weighted by Gasteiger charge is -2.23. The molecule has 0 fully saturated rings. The Hall–Kier alpha value is -1.10. The van der Waals surface area contributed by atoms with Crippen molar-refractivity contribution in [3.8, 4) is 0 Å². The van der Waals surface area contributed by atoms with Crippen molar-refractivity contribution in [2.45, 2.75) is 20.3 Å². The van der Waals surface area contributed by atoms with Crippen LogP contribution in [0.4, 0.5) is 5.13 Å². The van der Waals surface area contributed by atoms with Crippen LogP contribution in [-0.2, 0) is 0 Å². The van der Waals surface area contributed by atoms with Gasteiger partial charge in [0.15, 0.2) is 5.13 Å². The van der Waals surface area contributed by atoms with Gasteiger partial charge < -0.3 is 10.6 Å². The van der Waals surface area contributed by atoms with Crippen LogP contribution < -0.4 is 10.6 Å². The van der Waals surface area contributed by atoms with E-state index in [-0.39, 0.29) is 5.84 Å². The Morgan fingerprint density at radius 2 is 2.40 bits per heavy atom. The van der Waals surface area contributed by atoms with Crippen molar-refractivity contribution in [3.05, 3.63) is 11.6 Å². The van der Waals surface area contributed by atoms with Gasteiger partial charge in [-0.15, -0.1) is 11.3 Å². The molecule has 3 N–H and O–H groups in total. The maximum Gasteiger partial charge on any atom is 0.185 e. The molecule has 0 radical (unpaired) electrons. The first-order valence-corrected chi connectivity index (χ1v) is 5.95. The van der Waals surface area contributed by atoms with Crippen molar-refractivity contribution < 1.29 is 0 Å². The smallest absolute Gasteiger partial charge is 0.185 e. The number of hydrogen-bond donors (Lipinski definition) is 2. The average Bonchev–Trinajstić information content (AvgIpc) is 2.63. The first-order chi connectivity index (χ1) is 7.09. The highest BCUT2D eigenvalue weighted by atomic mass is 32.1. The van der Waals surface area contributed by atoms with Gasteiger partial charge in [-0.05, 0) is 5.92 Å². The summed E-state index contributed by atoms with van der Waals surface area (Å²) in [5.74, 6) is 0.821. The maximum absolute atomic E-state index is 7.23. The minimum absolute atomic E-state index is 0.236. The second-order valence-electron chi connectivity index (χ2n) is 3.93. The molecule has 4 nitrogen and oxygen atoms in total. The number of hydrogen-bond acceptors (Lipinski definition) is 4. The van der Waals surface area contributed by atoms with E-state index in [1.54, 1.807) is 17.5 Å². The highest BCUT2D eigenvalue weighted by molar-refractivity contribution is 7.13. The van der Waals surface area contributed by atoms with E-state index in [0.717, 1.165) is 18.2 Å². The minimum Gasteiger partial charge on any atom is -0.388 e. The lowest BCUT2D eigenvalue weighted by atomic mass is 10.2. The summed E-state index contributed by atoms with van der Waals surface area (Å²) in [6, 6.07) is 0. The minimum atomic E-state index is 0.236. The van der Waals surface area contributed by atoms with Crippen LogP contribution in [0.2, 0.25) is 0 Å². The number of nitrogens with zero attached hydrogens (tertiary/aromatic N) is 2. The second-order valence-corrected chi connectivity index (χ2v) is 4.80. The van der Waals surface area contributed by atoms with E-state index >= 15 is 0 Å². The predicted octanol–water partition coefficient (Wildman–Crippen LogP) is 1.93. The number of nitrogens with two attached hydrogens (primary N) is 1. The third kappa shape index (κ3) is 4.29. The summed E-state index contributed by atoms with van der Waals surface area (Å²) in [7, 11) is 0. The molecular weight excluding hydrogens is 208 g/mol. The molecule has 0 saturated heterocycles. The van der Waals surface area contributed by atoms with Crippen molar-refractivity contribution >= 4 is 22.3 Å². The van der Waals surface area contributed by atoms with Gasteiger partial charge in [-0.3, -0.25) is 5.41 Å². The van der Waals surface area contributed by atoms with Gasteiger partial charge in [0.1, 0.15) is 0 Å². The Balaban J connectivity index is 2.57.